The van der Waals surface area contributed by atoms with Gasteiger partial charge in [0.15, 0.2) is 0 Å². The van der Waals surface area contributed by atoms with E-state index in [4.69, 9.17) is 9.84 Å². The van der Waals surface area contributed by atoms with Crippen LogP contribution in [-0.2, 0) is 0 Å². The number of aromatic carboxylic acids is 1. The molecule has 0 atom stereocenters. The summed E-state index contributed by atoms with van der Waals surface area (Å²) in [7, 11) is 0. The average Bonchev–Trinajstić information content (AvgIpc) is 2.96. The van der Waals surface area contributed by atoms with Gasteiger partial charge in [0.05, 0.1) is 6.61 Å². The van der Waals surface area contributed by atoms with E-state index in [-0.39, 0.29) is 11.3 Å². The second-order valence-corrected chi connectivity index (χ2v) is 12.4. The minimum Gasteiger partial charge on any atom is -0.507 e. The summed E-state index contributed by atoms with van der Waals surface area (Å²) in [5, 5.41) is 18.7. The topological polar surface area (TPSA) is 66.8 Å². The SMILES string of the molecule is CCCCCCCCCCCCCCCCCCCCCCCCCCCCCCOc1ccc(C(=O)O)c(O)c1. The van der Waals surface area contributed by atoms with E-state index < -0.39 is 5.97 Å². The van der Waals surface area contributed by atoms with Crippen molar-refractivity contribution in [1.82, 2.24) is 0 Å². The number of rotatable bonds is 31. The summed E-state index contributed by atoms with van der Waals surface area (Å²) in [6.45, 7) is 2.90. The molecule has 0 aromatic heterocycles. The number of aromatic hydroxyl groups is 1. The third kappa shape index (κ3) is 23.5. The lowest BCUT2D eigenvalue weighted by atomic mass is 10.0. The van der Waals surface area contributed by atoms with Crippen LogP contribution in [0.25, 0.3) is 0 Å². The fraction of sp³-hybridized carbons (Fsp3) is 0.811. The van der Waals surface area contributed by atoms with Gasteiger partial charge in [-0.3, -0.25) is 0 Å². The van der Waals surface area contributed by atoms with E-state index in [1.807, 2.05) is 0 Å². The minimum atomic E-state index is -1.13. The lowest BCUT2D eigenvalue weighted by Gasteiger charge is -2.08. The fourth-order valence-corrected chi connectivity index (χ4v) is 5.74. The highest BCUT2D eigenvalue weighted by atomic mass is 16.5. The fourth-order valence-electron chi connectivity index (χ4n) is 5.74. The van der Waals surface area contributed by atoms with Crippen molar-refractivity contribution in [2.75, 3.05) is 6.61 Å². The molecule has 0 spiro atoms. The van der Waals surface area contributed by atoms with E-state index in [1.165, 1.54) is 179 Å². The molecule has 41 heavy (non-hydrogen) atoms. The molecule has 0 amide bonds. The van der Waals surface area contributed by atoms with Crippen LogP contribution >= 0.6 is 0 Å². The first-order valence-corrected chi connectivity index (χ1v) is 17.8. The van der Waals surface area contributed by atoms with Crippen LogP contribution in [0.3, 0.4) is 0 Å². The summed E-state index contributed by atoms with van der Waals surface area (Å²) < 4.78 is 5.63. The lowest BCUT2D eigenvalue weighted by Crippen LogP contribution is -2.00. The van der Waals surface area contributed by atoms with Gasteiger partial charge in [-0.2, -0.15) is 0 Å². The Kier molecular flexibility index (Phi) is 25.9. The zero-order valence-corrected chi connectivity index (χ0v) is 26.9. The Hall–Kier alpha value is -1.71. The Balaban J connectivity index is 1.70. The van der Waals surface area contributed by atoms with Gasteiger partial charge in [-0.05, 0) is 18.6 Å². The maximum Gasteiger partial charge on any atom is 0.339 e. The third-order valence-electron chi connectivity index (χ3n) is 8.47. The summed E-state index contributed by atoms with van der Waals surface area (Å²) >= 11 is 0. The van der Waals surface area contributed by atoms with Gasteiger partial charge >= 0.3 is 5.97 Å². The first-order valence-electron chi connectivity index (χ1n) is 17.8. The highest BCUT2D eigenvalue weighted by Crippen LogP contribution is 2.24. The molecular weight excluding hydrogens is 508 g/mol. The zero-order chi connectivity index (χ0) is 29.6. The van der Waals surface area contributed by atoms with Crippen molar-refractivity contribution >= 4 is 5.97 Å². The lowest BCUT2D eigenvalue weighted by molar-refractivity contribution is 0.0693. The first-order chi connectivity index (χ1) is 20.1. The molecule has 238 valence electrons. The number of benzene rings is 1. The van der Waals surface area contributed by atoms with Crippen LogP contribution < -0.4 is 4.74 Å². The number of carboxylic acid groups (broad SMARTS) is 1. The number of carbonyl (C=O) groups is 1. The van der Waals surface area contributed by atoms with E-state index >= 15 is 0 Å². The molecule has 0 radical (unpaired) electrons. The van der Waals surface area contributed by atoms with Crippen LogP contribution in [0.1, 0.15) is 197 Å². The van der Waals surface area contributed by atoms with Crippen molar-refractivity contribution < 1.29 is 19.7 Å². The highest BCUT2D eigenvalue weighted by Gasteiger charge is 2.10. The summed E-state index contributed by atoms with van der Waals surface area (Å²) in [6.07, 6.45) is 39.1. The summed E-state index contributed by atoms with van der Waals surface area (Å²) in [5.74, 6) is -0.849. The predicted molar refractivity (Wildman–Crippen MR) is 176 cm³/mol. The molecule has 0 fully saturated rings. The summed E-state index contributed by atoms with van der Waals surface area (Å²) in [6, 6.07) is 4.37. The molecule has 4 heteroatoms. The van der Waals surface area contributed by atoms with Crippen molar-refractivity contribution in [3.8, 4) is 11.5 Å². The monoisotopic (exact) mass is 574 g/mol. The van der Waals surface area contributed by atoms with Crippen LogP contribution in [0.2, 0.25) is 0 Å². The van der Waals surface area contributed by atoms with Crippen molar-refractivity contribution in [2.24, 2.45) is 0 Å². The van der Waals surface area contributed by atoms with Gasteiger partial charge in [-0.1, -0.05) is 180 Å². The molecule has 0 heterocycles. The molecule has 1 aromatic carbocycles. The number of unbranched alkanes of at least 4 members (excludes halogenated alkanes) is 27. The smallest absolute Gasteiger partial charge is 0.339 e. The number of carboxylic acids is 1. The highest BCUT2D eigenvalue weighted by molar-refractivity contribution is 5.90. The summed E-state index contributed by atoms with van der Waals surface area (Å²) in [4.78, 5) is 10.9. The van der Waals surface area contributed by atoms with Crippen molar-refractivity contribution in [3.05, 3.63) is 23.8 Å². The molecule has 4 nitrogen and oxygen atoms in total. The molecule has 0 aliphatic rings. The molecule has 0 unspecified atom stereocenters. The van der Waals surface area contributed by atoms with Crippen molar-refractivity contribution in [3.63, 3.8) is 0 Å². The second-order valence-electron chi connectivity index (χ2n) is 12.4. The Morgan fingerprint density at radius 3 is 1.15 bits per heavy atom. The van der Waals surface area contributed by atoms with E-state index in [9.17, 15) is 9.90 Å². The van der Waals surface area contributed by atoms with Gasteiger partial charge in [0.25, 0.3) is 0 Å². The van der Waals surface area contributed by atoms with Gasteiger partial charge < -0.3 is 14.9 Å². The molecule has 0 saturated carbocycles. The van der Waals surface area contributed by atoms with Gasteiger partial charge in [-0.25, -0.2) is 4.79 Å². The maximum atomic E-state index is 10.9. The quantitative estimate of drug-likeness (QED) is 0.0865. The van der Waals surface area contributed by atoms with Gasteiger partial charge in [0.2, 0.25) is 0 Å². The maximum absolute atomic E-state index is 10.9. The van der Waals surface area contributed by atoms with E-state index in [0.29, 0.717) is 12.4 Å². The number of hydrogen-bond donors (Lipinski definition) is 2. The van der Waals surface area contributed by atoms with Crippen LogP contribution in [0.5, 0.6) is 11.5 Å². The van der Waals surface area contributed by atoms with Gasteiger partial charge in [0, 0.05) is 6.07 Å². The number of ether oxygens (including phenoxy) is 1. The Bertz CT molecular complexity index is 717. The number of phenols is 1. The van der Waals surface area contributed by atoms with Gasteiger partial charge in [-0.15, -0.1) is 0 Å². The molecule has 0 aliphatic carbocycles. The molecule has 1 aromatic rings. The summed E-state index contributed by atoms with van der Waals surface area (Å²) in [5.41, 5.74) is -0.0945. The van der Waals surface area contributed by atoms with Crippen LogP contribution in [0.15, 0.2) is 18.2 Å². The molecular formula is C37H66O4. The first kappa shape index (κ1) is 37.3. The second kappa shape index (κ2) is 28.4. The van der Waals surface area contributed by atoms with Gasteiger partial charge in [0.1, 0.15) is 17.1 Å². The van der Waals surface area contributed by atoms with Crippen molar-refractivity contribution in [2.45, 2.75) is 187 Å². The predicted octanol–water partition coefficient (Wildman–Crippen LogP) is 12.4. The van der Waals surface area contributed by atoms with Crippen LogP contribution in [-0.4, -0.2) is 22.8 Å². The van der Waals surface area contributed by atoms with Crippen LogP contribution in [0.4, 0.5) is 0 Å². The molecule has 0 saturated heterocycles. The van der Waals surface area contributed by atoms with E-state index in [2.05, 4.69) is 6.92 Å². The minimum absolute atomic E-state index is 0.0945. The van der Waals surface area contributed by atoms with Crippen molar-refractivity contribution in [1.29, 1.82) is 0 Å². The molecule has 0 bridgehead atoms. The third-order valence-corrected chi connectivity index (χ3v) is 8.47. The Labute approximate surface area is 254 Å². The number of hydrogen-bond acceptors (Lipinski definition) is 3. The average molecular weight is 575 g/mol. The largest absolute Gasteiger partial charge is 0.507 e. The Morgan fingerprint density at radius 1 is 0.537 bits per heavy atom. The standard InChI is InChI=1S/C37H66O4/c1-2-3-4-5-6-7-8-9-10-11-12-13-14-15-16-17-18-19-20-21-22-23-24-25-26-27-28-29-32-41-34-30-31-35(37(39)40)36(38)33-34/h30-31,33,38H,2-29,32H2,1H3,(H,39,40). The molecule has 2 N–H and O–H groups in total. The van der Waals surface area contributed by atoms with E-state index in [1.54, 1.807) is 6.07 Å². The Morgan fingerprint density at radius 2 is 0.854 bits per heavy atom. The molecule has 0 aliphatic heterocycles. The van der Waals surface area contributed by atoms with Crippen LogP contribution in [0, 0.1) is 0 Å². The normalized spacial score (nSPS) is 11.2. The van der Waals surface area contributed by atoms with E-state index in [0.717, 1.165) is 12.8 Å². The zero-order valence-electron chi connectivity index (χ0n) is 26.9. The molecule has 1 rings (SSSR count).